The molecule has 1 fully saturated rings. The number of aromatic nitrogens is 3. The van der Waals surface area contributed by atoms with Crippen LogP contribution in [0.4, 0.5) is 0 Å². The van der Waals surface area contributed by atoms with Crippen molar-refractivity contribution < 1.29 is 4.79 Å². The molecule has 22 heavy (non-hydrogen) atoms. The van der Waals surface area contributed by atoms with E-state index in [1.165, 1.54) is 0 Å². The Bertz CT molecular complexity index is 677. The number of amides is 1. The summed E-state index contributed by atoms with van der Waals surface area (Å²) in [6.45, 7) is 4.78. The van der Waals surface area contributed by atoms with Gasteiger partial charge in [-0.1, -0.05) is 13.8 Å². The lowest BCUT2D eigenvalue weighted by Crippen LogP contribution is -2.33. The van der Waals surface area contributed by atoms with Crippen molar-refractivity contribution in [1.29, 1.82) is 0 Å². The quantitative estimate of drug-likeness (QED) is 0.875. The fourth-order valence-electron chi connectivity index (χ4n) is 3.11. The number of rotatable bonds is 3. The number of carbonyl (C=O) groups is 1. The molecule has 3 heterocycles. The van der Waals surface area contributed by atoms with Crippen LogP contribution in [-0.4, -0.2) is 31.9 Å². The maximum Gasteiger partial charge on any atom is 0.225 e. The third-order valence-corrected chi connectivity index (χ3v) is 4.28. The van der Waals surface area contributed by atoms with E-state index in [1.807, 2.05) is 48.8 Å². The number of likely N-dealkylation sites (tertiary alicyclic amines) is 1. The molecule has 0 N–H and O–H groups in total. The summed E-state index contributed by atoms with van der Waals surface area (Å²) in [4.78, 5) is 23.0. The van der Waals surface area contributed by atoms with Crippen LogP contribution in [0.3, 0.4) is 0 Å². The van der Waals surface area contributed by atoms with E-state index in [9.17, 15) is 4.79 Å². The highest BCUT2D eigenvalue weighted by molar-refractivity contribution is 5.79. The van der Waals surface area contributed by atoms with Gasteiger partial charge < -0.3 is 9.47 Å². The van der Waals surface area contributed by atoms with E-state index in [4.69, 9.17) is 0 Å². The maximum atomic E-state index is 12.4. The monoisotopic (exact) mass is 298 g/mol. The van der Waals surface area contributed by atoms with Gasteiger partial charge in [-0.2, -0.15) is 0 Å². The Kier molecular flexibility index (Phi) is 3.96. The van der Waals surface area contributed by atoms with Gasteiger partial charge in [0.1, 0.15) is 0 Å². The molecule has 5 nitrogen and oxygen atoms in total. The average Bonchev–Trinajstić information content (AvgIpc) is 3.15. The molecule has 1 atom stereocenters. The predicted octanol–water partition coefficient (Wildman–Crippen LogP) is 2.80. The molecular formula is C17H22N4O. The summed E-state index contributed by atoms with van der Waals surface area (Å²) in [6.07, 6.45) is 7.50. The molecule has 1 aliphatic rings. The molecule has 2 aromatic heterocycles. The molecule has 0 spiro atoms. The van der Waals surface area contributed by atoms with Crippen molar-refractivity contribution in [2.45, 2.75) is 32.7 Å². The number of pyridine rings is 1. The van der Waals surface area contributed by atoms with E-state index < -0.39 is 0 Å². The largest absolute Gasteiger partial charge is 0.335 e. The molecule has 5 heteroatoms. The molecule has 116 valence electrons. The number of hydrogen-bond acceptors (Lipinski definition) is 3. The Morgan fingerprint density at radius 3 is 2.91 bits per heavy atom. The maximum absolute atomic E-state index is 12.4. The van der Waals surface area contributed by atoms with Crippen molar-refractivity contribution in [1.82, 2.24) is 19.4 Å². The highest BCUT2D eigenvalue weighted by atomic mass is 16.2. The molecule has 0 aromatic carbocycles. The number of imidazole rings is 1. The van der Waals surface area contributed by atoms with Gasteiger partial charge >= 0.3 is 0 Å². The van der Waals surface area contributed by atoms with Gasteiger partial charge in [0.15, 0.2) is 0 Å². The van der Waals surface area contributed by atoms with Crippen molar-refractivity contribution in [3.63, 3.8) is 0 Å². The van der Waals surface area contributed by atoms with Crippen LogP contribution in [0.15, 0.2) is 30.9 Å². The Morgan fingerprint density at radius 2 is 2.23 bits per heavy atom. The van der Waals surface area contributed by atoms with Gasteiger partial charge in [0.05, 0.1) is 30.0 Å². The van der Waals surface area contributed by atoms with Gasteiger partial charge in [-0.25, -0.2) is 4.98 Å². The Labute approximate surface area is 131 Å². The number of hydrogen-bond donors (Lipinski definition) is 0. The van der Waals surface area contributed by atoms with Crippen LogP contribution in [0.5, 0.6) is 0 Å². The highest BCUT2D eigenvalue weighted by Gasteiger charge is 2.31. The SMILES string of the molecule is CC(C)C(=O)N1CCC[C@H]1c1ccnc(-c2cncn2C)c1. The Morgan fingerprint density at radius 1 is 1.41 bits per heavy atom. The van der Waals surface area contributed by atoms with E-state index in [0.29, 0.717) is 0 Å². The van der Waals surface area contributed by atoms with Gasteiger partial charge in [0.2, 0.25) is 5.91 Å². The average molecular weight is 298 g/mol. The second kappa shape index (κ2) is 5.91. The van der Waals surface area contributed by atoms with E-state index in [0.717, 1.165) is 36.3 Å². The molecule has 0 bridgehead atoms. The zero-order valence-electron chi connectivity index (χ0n) is 13.4. The van der Waals surface area contributed by atoms with Crippen LogP contribution in [0.2, 0.25) is 0 Å². The molecule has 0 unspecified atom stereocenters. The van der Waals surface area contributed by atoms with Crippen LogP contribution < -0.4 is 0 Å². The number of nitrogens with zero attached hydrogens (tertiary/aromatic N) is 4. The first kappa shape index (κ1) is 14.8. The predicted molar refractivity (Wildman–Crippen MR) is 85.0 cm³/mol. The lowest BCUT2D eigenvalue weighted by molar-refractivity contribution is -0.135. The first-order valence-electron chi connectivity index (χ1n) is 7.81. The van der Waals surface area contributed by atoms with Crippen molar-refractivity contribution in [3.05, 3.63) is 36.4 Å². The topological polar surface area (TPSA) is 51.0 Å². The fourth-order valence-corrected chi connectivity index (χ4v) is 3.11. The molecule has 3 rings (SSSR count). The third-order valence-electron chi connectivity index (χ3n) is 4.28. The third kappa shape index (κ3) is 2.63. The summed E-state index contributed by atoms with van der Waals surface area (Å²) in [5.41, 5.74) is 3.06. The van der Waals surface area contributed by atoms with Crippen LogP contribution >= 0.6 is 0 Å². The minimum atomic E-state index is 0.0407. The second-order valence-corrected chi connectivity index (χ2v) is 6.21. The Balaban J connectivity index is 1.92. The molecule has 0 saturated carbocycles. The minimum Gasteiger partial charge on any atom is -0.335 e. The smallest absolute Gasteiger partial charge is 0.225 e. The van der Waals surface area contributed by atoms with Crippen molar-refractivity contribution >= 4 is 5.91 Å². The number of aryl methyl sites for hydroxylation is 1. The molecular weight excluding hydrogens is 276 g/mol. The zero-order chi connectivity index (χ0) is 15.7. The summed E-state index contributed by atoms with van der Waals surface area (Å²) in [5, 5.41) is 0. The van der Waals surface area contributed by atoms with Crippen molar-refractivity contribution in [3.8, 4) is 11.4 Å². The van der Waals surface area contributed by atoms with Gasteiger partial charge in [-0.15, -0.1) is 0 Å². The highest BCUT2D eigenvalue weighted by Crippen LogP contribution is 2.34. The van der Waals surface area contributed by atoms with E-state index in [1.54, 1.807) is 6.33 Å². The summed E-state index contributed by atoms with van der Waals surface area (Å²) in [5.74, 6) is 0.278. The molecule has 1 saturated heterocycles. The first-order valence-corrected chi connectivity index (χ1v) is 7.81. The summed E-state index contributed by atoms with van der Waals surface area (Å²) in [6, 6.07) is 4.29. The Hall–Kier alpha value is -2.17. The number of carbonyl (C=O) groups excluding carboxylic acids is 1. The van der Waals surface area contributed by atoms with Gasteiger partial charge in [0.25, 0.3) is 0 Å². The zero-order valence-corrected chi connectivity index (χ0v) is 13.4. The molecule has 0 radical (unpaired) electrons. The van der Waals surface area contributed by atoms with E-state index >= 15 is 0 Å². The molecule has 2 aromatic rings. The first-order chi connectivity index (χ1) is 10.6. The standard InChI is InChI=1S/C17H22N4O/c1-12(2)17(22)21-8-4-5-15(21)13-6-7-19-14(9-13)16-10-18-11-20(16)3/h6-7,9-12,15H,4-5,8H2,1-3H3/t15-/m0/s1. The minimum absolute atomic E-state index is 0.0407. The van der Waals surface area contributed by atoms with Crippen LogP contribution in [0.25, 0.3) is 11.4 Å². The van der Waals surface area contributed by atoms with Crippen LogP contribution in [0, 0.1) is 5.92 Å². The summed E-state index contributed by atoms with van der Waals surface area (Å²) < 4.78 is 1.96. The van der Waals surface area contributed by atoms with Gasteiger partial charge in [-0.3, -0.25) is 9.78 Å². The van der Waals surface area contributed by atoms with Crippen LogP contribution in [-0.2, 0) is 11.8 Å². The fraction of sp³-hybridized carbons (Fsp3) is 0.471. The van der Waals surface area contributed by atoms with Crippen LogP contribution in [0.1, 0.15) is 38.3 Å². The lowest BCUT2D eigenvalue weighted by atomic mass is 10.0. The lowest BCUT2D eigenvalue weighted by Gasteiger charge is -2.27. The van der Waals surface area contributed by atoms with E-state index in [-0.39, 0.29) is 17.9 Å². The normalized spacial score (nSPS) is 18.2. The summed E-state index contributed by atoms with van der Waals surface area (Å²) >= 11 is 0. The van der Waals surface area contributed by atoms with Gasteiger partial charge in [-0.05, 0) is 30.5 Å². The van der Waals surface area contributed by atoms with E-state index in [2.05, 4.69) is 16.0 Å². The van der Waals surface area contributed by atoms with Crippen molar-refractivity contribution in [2.75, 3.05) is 6.54 Å². The molecule has 1 aliphatic heterocycles. The second-order valence-electron chi connectivity index (χ2n) is 6.21. The van der Waals surface area contributed by atoms with Crippen molar-refractivity contribution in [2.24, 2.45) is 13.0 Å². The molecule has 1 amide bonds. The summed E-state index contributed by atoms with van der Waals surface area (Å²) in [7, 11) is 1.96. The van der Waals surface area contributed by atoms with Gasteiger partial charge in [0, 0.05) is 25.7 Å². The molecule has 0 aliphatic carbocycles.